The molecule has 2 unspecified atom stereocenters. The van der Waals surface area contributed by atoms with Crippen molar-refractivity contribution in [2.75, 3.05) is 11.5 Å². The summed E-state index contributed by atoms with van der Waals surface area (Å²) in [6, 6.07) is 0. The first-order valence-electron chi connectivity index (χ1n) is 14.3. The van der Waals surface area contributed by atoms with Crippen LogP contribution in [0.3, 0.4) is 0 Å². The number of hydrogen-bond donors (Lipinski definition) is 2. The Hall–Kier alpha value is -1.29. The highest BCUT2D eigenvalue weighted by Gasteiger charge is 2.06. The topological polar surface area (TPSA) is 40.5 Å². The van der Waals surface area contributed by atoms with Gasteiger partial charge in [-0.2, -0.15) is 11.8 Å². The molecule has 0 aliphatic heterocycles. The third-order valence-electron chi connectivity index (χ3n) is 6.82. The van der Waals surface area contributed by atoms with Gasteiger partial charge in [-0.3, -0.25) is 0 Å². The molecule has 2 aliphatic carbocycles. The highest BCUT2D eigenvalue weighted by Crippen LogP contribution is 2.17. The van der Waals surface area contributed by atoms with E-state index in [0.29, 0.717) is 0 Å². The van der Waals surface area contributed by atoms with Crippen LogP contribution in [0.25, 0.3) is 0 Å². The average molecular weight is 499 g/mol. The lowest BCUT2D eigenvalue weighted by Gasteiger charge is -2.10. The first-order chi connectivity index (χ1) is 17.3. The zero-order chi connectivity index (χ0) is 24.8. The van der Waals surface area contributed by atoms with Gasteiger partial charge in [-0.1, -0.05) is 125 Å². The first kappa shape index (κ1) is 29.9. The van der Waals surface area contributed by atoms with Crippen molar-refractivity contribution < 1.29 is 10.2 Å². The van der Waals surface area contributed by atoms with E-state index >= 15 is 0 Å². The molecule has 0 heterocycles. The van der Waals surface area contributed by atoms with Gasteiger partial charge in [0.1, 0.15) is 0 Å². The summed E-state index contributed by atoms with van der Waals surface area (Å²) in [7, 11) is 0. The molecule has 0 aromatic carbocycles. The fraction of sp³-hybridized carbons (Fsp3) is 0.625. The Kier molecular flexibility index (Phi) is 17.8. The van der Waals surface area contributed by atoms with Gasteiger partial charge in [-0.15, -0.1) is 0 Å². The van der Waals surface area contributed by atoms with Crippen LogP contribution < -0.4 is 0 Å². The summed E-state index contributed by atoms with van der Waals surface area (Å²) >= 11 is 2.16. The lowest BCUT2D eigenvalue weighted by atomic mass is 10.0. The zero-order valence-electron chi connectivity index (χ0n) is 22.0. The maximum atomic E-state index is 9.85. The molecular formula is C32H50O2S. The molecule has 0 radical (unpaired) electrons. The predicted molar refractivity (Wildman–Crippen MR) is 156 cm³/mol. The van der Waals surface area contributed by atoms with Crippen molar-refractivity contribution in [2.45, 2.75) is 115 Å². The van der Waals surface area contributed by atoms with Crippen LogP contribution >= 0.6 is 11.8 Å². The largest absolute Gasteiger partial charge is 0.384 e. The number of aliphatic hydroxyl groups is 2. The maximum absolute atomic E-state index is 9.85. The van der Waals surface area contributed by atoms with Crippen molar-refractivity contribution in [1.29, 1.82) is 0 Å². The fourth-order valence-electron chi connectivity index (χ4n) is 4.57. The smallest absolute Gasteiger partial charge is 0.0971 e. The highest BCUT2D eigenvalue weighted by molar-refractivity contribution is 7.99. The SMILES string of the molecule is OC1C=CC=CC1=CCCCCCCCCCSCCCCCCCCCC=C1C=CC=CC1O. The summed E-state index contributed by atoms with van der Waals surface area (Å²) in [5.74, 6) is 2.68. The second-order valence-electron chi connectivity index (χ2n) is 9.93. The average Bonchev–Trinajstić information content (AvgIpc) is 2.87. The van der Waals surface area contributed by atoms with Crippen LogP contribution in [0.4, 0.5) is 0 Å². The van der Waals surface area contributed by atoms with E-state index in [1.807, 2.05) is 48.6 Å². The van der Waals surface area contributed by atoms with Crippen molar-refractivity contribution in [3.05, 3.63) is 71.9 Å². The monoisotopic (exact) mass is 498 g/mol. The van der Waals surface area contributed by atoms with Gasteiger partial charge in [0.05, 0.1) is 12.2 Å². The lowest BCUT2D eigenvalue weighted by Crippen LogP contribution is -2.06. The third kappa shape index (κ3) is 15.4. The Morgan fingerprint density at radius 1 is 0.514 bits per heavy atom. The molecule has 0 saturated carbocycles. The summed E-state index contributed by atoms with van der Waals surface area (Å²) in [5.41, 5.74) is 2.11. The molecule has 2 nitrogen and oxygen atoms in total. The number of unbranched alkanes of at least 4 members (excludes halogenated alkanes) is 14. The Bertz CT molecular complexity index is 653. The summed E-state index contributed by atoms with van der Waals surface area (Å²) < 4.78 is 0. The van der Waals surface area contributed by atoms with E-state index in [9.17, 15) is 10.2 Å². The van der Waals surface area contributed by atoms with E-state index in [1.165, 1.54) is 101 Å². The molecule has 2 aliphatic rings. The van der Waals surface area contributed by atoms with E-state index in [0.717, 1.165) is 24.0 Å². The molecule has 0 spiro atoms. The molecule has 0 saturated heterocycles. The Balaban J connectivity index is 1.24. The molecule has 0 bridgehead atoms. The number of rotatable bonds is 20. The molecule has 2 rings (SSSR count). The van der Waals surface area contributed by atoms with Crippen LogP contribution in [0.5, 0.6) is 0 Å². The third-order valence-corrected chi connectivity index (χ3v) is 7.97. The molecule has 3 heteroatoms. The van der Waals surface area contributed by atoms with Crippen LogP contribution in [0.2, 0.25) is 0 Å². The fourth-order valence-corrected chi connectivity index (χ4v) is 5.59. The highest BCUT2D eigenvalue weighted by atomic mass is 32.2. The zero-order valence-corrected chi connectivity index (χ0v) is 22.8. The van der Waals surface area contributed by atoms with Gasteiger partial charge in [-0.25, -0.2) is 0 Å². The first-order valence-corrected chi connectivity index (χ1v) is 15.5. The molecule has 196 valence electrons. The van der Waals surface area contributed by atoms with Crippen LogP contribution in [0.1, 0.15) is 103 Å². The van der Waals surface area contributed by atoms with E-state index in [2.05, 4.69) is 23.9 Å². The Morgan fingerprint density at radius 2 is 0.886 bits per heavy atom. The number of hydrogen-bond acceptors (Lipinski definition) is 3. The van der Waals surface area contributed by atoms with Gasteiger partial charge in [0.25, 0.3) is 0 Å². The number of aliphatic hydroxyl groups excluding tert-OH is 2. The minimum atomic E-state index is -0.402. The lowest BCUT2D eigenvalue weighted by molar-refractivity contribution is 0.261. The summed E-state index contributed by atoms with van der Waals surface area (Å²) in [5, 5.41) is 19.7. The molecule has 2 atom stereocenters. The number of thioether (sulfide) groups is 1. The van der Waals surface area contributed by atoms with Gasteiger partial charge >= 0.3 is 0 Å². The Morgan fingerprint density at radius 3 is 1.29 bits per heavy atom. The molecule has 0 aromatic rings. The van der Waals surface area contributed by atoms with Crippen LogP contribution in [0, 0.1) is 0 Å². The molecule has 2 N–H and O–H groups in total. The second kappa shape index (κ2) is 20.9. The molecule has 0 fully saturated rings. The molecule has 35 heavy (non-hydrogen) atoms. The van der Waals surface area contributed by atoms with Gasteiger partial charge in [0.15, 0.2) is 0 Å². The minimum Gasteiger partial charge on any atom is -0.384 e. The van der Waals surface area contributed by atoms with E-state index in [1.54, 1.807) is 0 Å². The summed E-state index contributed by atoms with van der Waals surface area (Å²) in [6.45, 7) is 0. The van der Waals surface area contributed by atoms with Crippen molar-refractivity contribution in [1.82, 2.24) is 0 Å². The van der Waals surface area contributed by atoms with Crippen LogP contribution in [0.15, 0.2) is 71.9 Å². The second-order valence-corrected chi connectivity index (χ2v) is 11.2. The van der Waals surface area contributed by atoms with Crippen LogP contribution in [-0.2, 0) is 0 Å². The molecule has 0 amide bonds. The predicted octanol–water partition coefficient (Wildman–Crippen LogP) is 8.79. The van der Waals surface area contributed by atoms with Gasteiger partial charge in [-0.05, 0) is 61.2 Å². The van der Waals surface area contributed by atoms with E-state index in [4.69, 9.17) is 0 Å². The van der Waals surface area contributed by atoms with Gasteiger partial charge < -0.3 is 10.2 Å². The Labute approximate surface area is 220 Å². The normalized spacial score (nSPS) is 21.5. The van der Waals surface area contributed by atoms with Crippen molar-refractivity contribution in [3.8, 4) is 0 Å². The van der Waals surface area contributed by atoms with Crippen LogP contribution in [-0.4, -0.2) is 33.9 Å². The maximum Gasteiger partial charge on any atom is 0.0971 e. The van der Waals surface area contributed by atoms with E-state index in [-0.39, 0.29) is 0 Å². The molecule has 0 aromatic heterocycles. The number of allylic oxidation sites excluding steroid dienone is 6. The van der Waals surface area contributed by atoms with Gasteiger partial charge in [0.2, 0.25) is 0 Å². The standard InChI is InChI=1S/C32H50O2S/c33-31-25-17-15-23-29(31)21-13-9-5-1-3-7-11-19-27-35-28-20-12-8-4-2-6-10-14-22-30-24-16-18-26-32(30)34/h15-18,21-26,31-34H,1-14,19-20,27-28H2. The van der Waals surface area contributed by atoms with Crippen molar-refractivity contribution in [2.24, 2.45) is 0 Å². The van der Waals surface area contributed by atoms with Crippen molar-refractivity contribution >= 4 is 11.8 Å². The summed E-state index contributed by atoms with van der Waals surface area (Å²) in [4.78, 5) is 0. The van der Waals surface area contributed by atoms with Gasteiger partial charge in [0, 0.05) is 0 Å². The quantitative estimate of drug-likeness (QED) is 0.165. The van der Waals surface area contributed by atoms with E-state index < -0.39 is 12.2 Å². The molecular weight excluding hydrogens is 448 g/mol. The summed E-state index contributed by atoms with van der Waals surface area (Å²) in [6.07, 6.45) is 40.2. The van der Waals surface area contributed by atoms with Crippen molar-refractivity contribution in [3.63, 3.8) is 0 Å². The minimum absolute atomic E-state index is 0.402.